The van der Waals surface area contributed by atoms with Gasteiger partial charge < -0.3 is 15.0 Å². The van der Waals surface area contributed by atoms with Crippen molar-refractivity contribution in [3.05, 3.63) is 48.0 Å². The molecule has 2 rings (SSSR count). The summed E-state index contributed by atoms with van der Waals surface area (Å²) in [6.07, 6.45) is 4.47. The lowest BCUT2D eigenvalue weighted by molar-refractivity contribution is 0.413. The van der Waals surface area contributed by atoms with Crippen molar-refractivity contribution in [2.24, 2.45) is 0 Å². The fourth-order valence-electron chi connectivity index (χ4n) is 2.02. The Hall–Kier alpha value is -1.81. The Labute approximate surface area is 107 Å². The monoisotopic (exact) mass is 245 g/mol. The molecule has 0 radical (unpaired) electrons. The predicted octanol–water partition coefficient (Wildman–Crippen LogP) is 2.31. The predicted molar refractivity (Wildman–Crippen MR) is 71.7 cm³/mol. The fraction of sp³-hybridized carbons (Fsp3) is 0.357. The van der Waals surface area contributed by atoms with Crippen LogP contribution in [0.25, 0.3) is 0 Å². The van der Waals surface area contributed by atoms with E-state index in [-0.39, 0.29) is 6.04 Å². The maximum atomic E-state index is 5.27. The third-order valence-electron chi connectivity index (χ3n) is 2.90. The summed E-state index contributed by atoms with van der Waals surface area (Å²) in [4.78, 5) is 7.42. The van der Waals surface area contributed by atoms with Crippen LogP contribution in [0, 0.1) is 0 Å². The zero-order valence-electron chi connectivity index (χ0n) is 10.8. The molecule has 1 heterocycles. The van der Waals surface area contributed by atoms with Gasteiger partial charge in [-0.25, -0.2) is 4.98 Å². The smallest absolute Gasteiger partial charge is 0.119 e. The first-order chi connectivity index (χ1) is 8.83. The Balaban J connectivity index is 2.17. The van der Waals surface area contributed by atoms with Crippen molar-refractivity contribution >= 4 is 0 Å². The molecule has 1 aromatic heterocycles. The summed E-state index contributed by atoms with van der Waals surface area (Å²) in [7, 11) is 1.69. The van der Waals surface area contributed by atoms with Crippen molar-refractivity contribution in [2.75, 3.05) is 13.7 Å². The summed E-state index contributed by atoms with van der Waals surface area (Å²) >= 11 is 0. The van der Waals surface area contributed by atoms with E-state index in [2.05, 4.69) is 34.3 Å². The summed E-state index contributed by atoms with van der Waals surface area (Å²) in [6, 6.07) is 8.39. The molecule has 0 amide bonds. The molecule has 0 aliphatic carbocycles. The van der Waals surface area contributed by atoms with Gasteiger partial charge in [0.1, 0.15) is 11.6 Å². The number of ether oxygens (including phenoxy) is 1. The summed E-state index contributed by atoms with van der Waals surface area (Å²) < 4.78 is 5.27. The first kappa shape index (κ1) is 12.6. The number of H-pyrrole nitrogens is 1. The lowest BCUT2D eigenvalue weighted by Crippen LogP contribution is -2.23. The van der Waals surface area contributed by atoms with E-state index in [4.69, 9.17) is 4.74 Å². The van der Waals surface area contributed by atoms with E-state index in [0.717, 1.165) is 24.5 Å². The summed E-state index contributed by atoms with van der Waals surface area (Å²) in [6.45, 7) is 3.03. The molecule has 1 aromatic carbocycles. The van der Waals surface area contributed by atoms with Crippen LogP contribution in [0.2, 0.25) is 0 Å². The number of aromatic amines is 1. The highest BCUT2D eigenvalue weighted by Crippen LogP contribution is 2.21. The number of benzene rings is 1. The molecule has 2 aromatic rings. The van der Waals surface area contributed by atoms with Gasteiger partial charge in [-0.3, -0.25) is 0 Å². The number of imidazole rings is 1. The van der Waals surface area contributed by atoms with Crippen LogP contribution in [0.3, 0.4) is 0 Å². The van der Waals surface area contributed by atoms with Crippen molar-refractivity contribution in [2.45, 2.75) is 19.4 Å². The molecule has 0 fully saturated rings. The average Bonchev–Trinajstić information content (AvgIpc) is 2.91. The van der Waals surface area contributed by atoms with Gasteiger partial charge in [-0.1, -0.05) is 19.1 Å². The normalized spacial score (nSPS) is 12.3. The summed E-state index contributed by atoms with van der Waals surface area (Å²) in [5, 5.41) is 3.47. The van der Waals surface area contributed by atoms with Gasteiger partial charge in [0.25, 0.3) is 0 Å². The quantitative estimate of drug-likeness (QED) is 0.821. The number of hydrogen-bond acceptors (Lipinski definition) is 3. The second kappa shape index (κ2) is 6.21. The Bertz CT molecular complexity index is 468. The number of rotatable bonds is 6. The minimum atomic E-state index is 0.247. The summed E-state index contributed by atoms with van der Waals surface area (Å²) in [5.74, 6) is 1.87. The van der Waals surface area contributed by atoms with E-state index in [1.807, 2.05) is 18.3 Å². The molecule has 0 aliphatic rings. The Morgan fingerprint density at radius 1 is 1.44 bits per heavy atom. The van der Waals surface area contributed by atoms with Gasteiger partial charge >= 0.3 is 0 Å². The highest BCUT2D eigenvalue weighted by molar-refractivity contribution is 5.31. The van der Waals surface area contributed by atoms with Crippen molar-refractivity contribution in [3.8, 4) is 5.75 Å². The van der Waals surface area contributed by atoms with Gasteiger partial charge in [-0.15, -0.1) is 0 Å². The molecule has 0 saturated carbocycles. The molecule has 0 aliphatic heterocycles. The largest absolute Gasteiger partial charge is 0.497 e. The van der Waals surface area contributed by atoms with Gasteiger partial charge in [0.05, 0.1) is 7.11 Å². The number of methoxy groups -OCH3 is 1. The minimum Gasteiger partial charge on any atom is -0.497 e. The van der Waals surface area contributed by atoms with E-state index < -0.39 is 0 Å². The summed E-state index contributed by atoms with van der Waals surface area (Å²) in [5.41, 5.74) is 1.22. The molecule has 4 nitrogen and oxygen atoms in total. The first-order valence-electron chi connectivity index (χ1n) is 6.19. The van der Waals surface area contributed by atoms with Gasteiger partial charge in [0.15, 0.2) is 0 Å². The van der Waals surface area contributed by atoms with Crippen LogP contribution in [0.5, 0.6) is 5.75 Å². The Kier molecular flexibility index (Phi) is 4.36. The van der Waals surface area contributed by atoms with E-state index in [1.54, 1.807) is 13.3 Å². The minimum absolute atomic E-state index is 0.247. The SMILES string of the molecule is CCNC(Cc1ncc[nH]1)c1cccc(OC)c1. The van der Waals surface area contributed by atoms with Gasteiger partial charge in [-0.2, -0.15) is 0 Å². The third-order valence-corrected chi connectivity index (χ3v) is 2.90. The molecule has 0 spiro atoms. The number of aromatic nitrogens is 2. The molecule has 18 heavy (non-hydrogen) atoms. The lowest BCUT2D eigenvalue weighted by Gasteiger charge is -2.18. The van der Waals surface area contributed by atoms with Crippen LogP contribution >= 0.6 is 0 Å². The van der Waals surface area contributed by atoms with Crippen molar-refractivity contribution in [3.63, 3.8) is 0 Å². The second-order valence-electron chi connectivity index (χ2n) is 4.13. The number of hydrogen-bond donors (Lipinski definition) is 2. The number of likely N-dealkylation sites (N-methyl/N-ethyl adjacent to an activating group) is 1. The Morgan fingerprint density at radius 2 is 2.33 bits per heavy atom. The van der Waals surface area contributed by atoms with Gasteiger partial charge in [-0.05, 0) is 24.2 Å². The molecule has 1 atom stereocenters. The van der Waals surface area contributed by atoms with Crippen LogP contribution in [-0.4, -0.2) is 23.6 Å². The first-order valence-corrected chi connectivity index (χ1v) is 6.19. The maximum Gasteiger partial charge on any atom is 0.119 e. The second-order valence-corrected chi connectivity index (χ2v) is 4.13. The van der Waals surface area contributed by atoms with Crippen molar-refractivity contribution < 1.29 is 4.74 Å². The molecule has 4 heteroatoms. The number of nitrogens with zero attached hydrogens (tertiary/aromatic N) is 1. The van der Waals surface area contributed by atoms with E-state index >= 15 is 0 Å². The lowest BCUT2D eigenvalue weighted by atomic mass is 10.0. The van der Waals surface area contributed by atoms with Gasteiger partial charge in [0.2, 0.25) is 0 Å². The highest BCUT2D eigenvalue weighted by Gasteiger charge is 2.13. The topological polar surface area (TPSA) is 49.9 Å². The van der Waals surface area contributed by atoms with Gasteiger partial charge in [0, 0.05) is 24.9 Å². The fourth-order valence-corrected chi connectivity index (χ4v) is 2.02. The van der Waals surface area contributed by atoms with Crippen LogP contribution in [-0.2, 0) is 6.42 Å². The van der Waals surface area contributed by atoms with Crippen LogP contribution in [0.4, 0.5) is 0 Å². The molecule has 0 saturated heterocycles. The van der Waals surface area contributed by atoms with Crippen molar-refractivity contribution in [1.82, 2.24) is 15.3 Å². The Morgan fingerprint density at radius 3 is 3.00 bits per heavy atom. The standard InChI is InChI=1S/C14H19N3O/c1-3-15-13(10-14-16-7-8-17-14)11-5-4-6-12(9-11)18-2/h4-9,13,15H,3,10H2,1-2H3,(H,16,17). The number of nitrogens with one attached hydrogen (secondary N) is 2. The molecule has 1 unspecified atom stereocenters. The third kappa shape index (κ3) is 3.11. The highest BCUT2D eigenvalue weighted by atomic mass is 16.5. The van der Waals surface area contributed by atoms with Crippen molar-refractivity contribution in [1.29, 1.82) is 0 Å². The molecule has 0 bridgehead atoms. The average molecular weight is 245 g/mol. The van der Waals surface area contributed by atoms with Crippen LogP contribution in [0.1, 0.15) is 24.4 Å². The van der Waals surface area contributed by atoms with Crippen LogP contribution in [0.15, 0.2) is 36.7 Å². The van der Waals surface area contributed by atoms with E-state index in [9.17, 15) is 0 Å². The maximum absolute atomic E-state index is 5.27. The van der Waals surface area contributed by atoms with E-state index in [1.165, 1.54) is 5.56 Å². The molecular weight excluding hydrogens is 226 g/mol. The zero-order valence-corrected chi connectivity index (χ0v) is 10.8. The van der Waals surface area contributed by atoms with Crippen LogP contribution < -0.4 is 10.1 Å². The molecule has 2 N–H and O–H groups in total. The van der Waals surface area contributed by atoms with E-state index in [0.29, 0.717) is 0 Å². The molecule has 96 valence electrons. The zero-order chi connectivity index (χ0) is 12.8. The molecular formula is C14H19N3O.